The Morgan fingerprint density at radius 2 is 2.15 bits per heavy atom. The summed E-state index contributed by atoms with van der Waals surface area (Å²) in [6.07, 6.45) is 8.97. The predicted octanol–water partition coefficient (Wildman–Crippen LogP) is 5.37. The van der Waals surface area contributed by atoms with Crippen molar-refractivity contribution in [3.05, 3.63) is 28.8 Å². The molecule has 108 valence electrons. The molecule has 0 amide bonds. The summed E-state index contributed by atoms with van der Waals surface area (Å²) < 4.78 is 0. The second kappa shape index (κ2) is 7.55. The minimum absolute atomic E-state index is 0.474. The molecule has 2 nitrogen and oxygen atoms in total. The third-order valence-electron chi connectivity index (χ3n) is 4.25. The van der Waals surface area contributed by atoms with Gasteiger partial charge in [-0.05, 0) is 43.4 Å². The van der Waals surface area contributed by atoms with Crippen molar-refractivity contribution in [3.63, 3.8) is 0 Å². The number of nitriles is 1. The molecule has 2 unspecified atom stereocenters. The van der Waals surface area contributed by atoms with E-state index in [1.807, 2.05) is 6.07 Å². The molecular weight excluding hydrogens is 268 g/mol. The number of nitrogens with zero attached hydrogens (tertiary/aromatic N) is 1. The molecule has 1 aromatic rings. The van der Waals surface area contributed by atoms with E-state index >= 15 is 0 Å². The van der Waals surface area contributed by atoms with E-state index in [0.29, 0.717) is 16.6 Å². The van der Waals surface area contributed by atoms with Crippen molar-refractivity contribution in [2.45, 2.75) is 57.9 Å². The molecule has 3 heteroatoms. The van der Waals surface area contributed by atoms with Gasteiger partial charge >= 0.3 is 0 Å². The fourth-order valence-corrected chi connectivity index (χ4v) is 3.35. The lowest BCUT2D eigenvalue weighted by atomic mass is 9.95. The molecule has 0 saturated heterocycles. The summed E-state index contributed by atoms with van der Waals surface area (Å²) in [6, 6.07) is 8.15. The summed E-state index contributed by atoms with van der Waals surface area (Å²) in [4.78, 5) is 0. The van der Waals surface area contributed by atoms with Gasteiger partial charge < -0.3 is 5.32 Å². The summed E-state index contributed by atoms with van der Waals surface area (Å²) in [5, 5.41) is 13.4. The lowest BCUT2D eigenvalue weighted by Gasteiger charge is -2.19. The molecule has 1 aromatic carbocycles. The summed E-state index contributed by atoms with van der Waals surface area (Å²) in [5.74, 6) is 0.890. The average molecular weight is 291 g/mol. The second-order valence-electron chi connectivity index (χ2n) is 5.81. The van der Waals surface area contributed by atoms with E-state index in [2.05, 4.69) is 18.3 Å². The minimum Gasteiger partial charge on any atom is -0.381 e. The highest BCUT2D eigenvalue weighted by atomic mass is 35.5. The number of halogens is 1. The molecule has 20 heavy (non-hydrogen) atoms. The SMILES string of the molecule is CCCC1CCCC(Nc2cc(Cl)ccc2C#N)CC1. The van der Waals surface area contributed by atoms with Gasteiger partial charge in [-0.2, -0.15) is 5.26 Å². The van der Waals surface area contributed by atoms with Crippen molar-refractivity contribution in [1.82, 2.24) is 0 Å². The Morgan fingerprint density at radius 3 is 2.90 bits per heavy atom. The van der Waals surface area contributed by atoms with Crippen molar-refractivity contribution < 1.29 is 0 Å². The molecule has 0 radical (unpaired) electrons. The summed E-state index contributed by atoms with van der Waals surface area (Å²) >= 11 is 6.04. The van der Waals surface area contributed by atoms with E-state index in [9.17, 15) is 5.26 Å². The van der Waals surface area contributed by atoms with Crippen molar-refractivity contribution in [2.75, 3.05) is 5.32 Å². The first kappa shape index (κ1) is 15.2. The molecule has 1 fully saturated rings. The predicted molar refractivity (Wildman–Crippen MR) is 85.1 cm³/mol. The molecular formula is C17H23ClN2. The van der Waals surface area contributed by atoms with E-state index in [0.717, 1.165) is 11.6 Å². The van der Waals surface area contributed by atoms with Gasteiger partial charge in [-0.15, -0.1) is 0 Å². The number of rotatable bonds is 4. The summed E-state index contributed by atoms with van der Waals surface area (Å²) in [6.45, 7) is 2.27. The van der Waals surface area contributed by atoms with E-state index in [-0.39, 0.29) is 0 Å². The van der Waals surface area contributed by atoms with Gasteiger partial charge in [0.2, 0.25) is 0 Å². The number of hydrogen-bond donors (Lipinski definition) is 1. The first-order valence-electron chi connectivity index (χ1n) is 7.69. The maximum atomic E-state index is 9.17. The summed E-state index contributed by atoms with van der Waals surface area (Å²) in [5.41, 5.74) is 1.57. The molecule has 2 atom stereocenters. The maximum Gasteiger partial charge on any atom is 0.101 e. The van der Waals surface area contributed by atoms with Crippen molar-refractivity contribution in [3.8, 4) is 6.07 Å². The van der Waals surface area contributed by atoms with Gasteiger partial charge in [0.05, 0.1) is 11.3 Å². The van der Waals surface area contributed by atoms with Gasteiger partial charge in [-0.3, -0.25) is 0 Å². The Hall–Kier alpha value is -1.20. The Bertz CT molecular complexity index is 478. The van der Waals surface area contributed by atoms with Crippen LogP contribution in [0.3, 0.4) is 0 Å². The van der Waals surface area contributed by atoms with E-state index in [1.54, 1.807) is 12.1 Å². The van der Waals surface area contributed by atoms with Crippen molar-refractivity contribution in [1.29, 1.82) is 5.26 Å². The van der Waals surface area contributed by atoms with Crippen molar-refractivity contribution in [2.24, 2.45) is 5.92 Å². The van der Waals surface area contributed by atoms with Gasteiger partial charge in [0.15, 0.2) is 0 Å². The first-order chi connectivity index (χ1) is 9.72. The molecule has 0 aliphatic heterocycles. The van der Waals surface area contributed by atoms with E-state index in [1.165, 1.54) is 44.9 Å². The van der Waals surface area contributed by atoms with Gasteiger partial charge in [0, 0.05) is 11.1 Å². The molecule has 0 bridgehead atoms. The fraction of sp³-hybridized carbons (Fsp3) is 0.588. The summed E-state index contributed by atoms with van der Waals surface area (Å²) in [7, 11) is 0. The first-order valence-corrected chi connectivity index (χ1v) is 8.07. The smallest absolute Gasteiger partial charge is 0.101 e. The average Bonchev–Trinajstić information content (AvgIpc) is 2.65. The Labute approximate surface area is 127 Å². The van der Waals surface area contributed by atoms with Crippen LogP contribution in [0.5, 0.6) is 0 Å². The van der Waals surface area contributed by atoms with E-state index < -0.39 is 0 Å². The highest BCUT2D eigenvalue weighted by Crippen LogP contribution is 2.29. The Morgan fingerprint density at radius 1 is 1.30 bits per heavy atom. The van der Waals surface area contributed by atoms with Crippen LogP contribution < -0.4 is 5.32 Å². The monoisotopic (exact) mass is 290 g/mol. The largest absolute Gasteiger partial charge is 0.381 e. The second-order valence-corrected chi connectivity index (χ2v) is 6.24. The van der Waals surface area contributed by atoms with Crippen LogP contribution in [0.1, 0.15) is 57.4 Å². The normalized spacial score (nSPS) is 22.9. The number of benzene rings is 1. The molecule has 0 spiro atoms. The van der Waals surface area contributed by atoms with Gasteiger partial charge in [0.25, 0.3) is 0 Å². The standard InChI is InChI=1S/C17H23ClN2/c1-2-4-13-5-3-6-16(10-7-13)20-17-11-15(18)9-8-14(17)12-19/h8-9,11,13,16,20H,2-7,10H2,1H3. The molecule has 0 heterocycles. The Balaban J connectivity index is 2.00. The highest BCUT2D eigenvalue weighted by molar-refractivity contribution is 6.30. The van der Waals surface area contributed by atoms with Crippen LogP contribution in [0.25, 0.3) is 0 Å². The van der Waals surface area contributed by atoms with Crippen LogP contribution in [0.2, 0.25) is 5.02 Å². The lowest BCUT2D eigenvalue weighted by Crippen LogP contribution is -2.19. The molecule has 0 aromatic heterocycles. The van der Waals surface area contributed by atoms with Gasteiger partial charge in [-0.1, -0.05) is 44.2 Å². The Kier molecular flexibility index (Phi) is 5.73. The number of anilines is 1. The zero-order chi connectivity index (χ0) is 14.4. The van der Waals surface area contributed by atoms with Crippen LogP contribution in [0.4, 0.5) is 5.69 Å². The van der Waals surface area contributed by atoms with Crippen LogP contribution >= 0.6 is 11.6 Å². The van der Waals surface area contributed by atoms with Gasteiger partial charge in [-0.25, -0.2) is 0 Å². The van der Waals surface area contributed by atoms with Crippen LogP contribution in [-0.2, 0) is 0 Å². The molecule has 1 saturated carbocycles. The fourth-order valence-electron chi connectivity index (χ4n) is 3.17. The third-order valence-corrected chi connectivity index (χ3v) is 4.48. The zero-order valence-electron chi connectivity index (χ0n) is 12.2. The molecule has 2 rings (SSSR count). The quantitative estimate of drug-likeness (QED) is 0.756. The van der Waals surface area contributed by atoms with Crippen molar-refractivity contribution >= 4 is 17.3 Å². The third kappa shape index (κ3) is 4.15. The molecule has 1 N–H and O–H groups in total. The number of hydrogen-bond acceptors (Lipinski definition) is 2. The molecule has 1 aliphatic rings. The topological polar surface area (TPSA) is 35.8 Å². The van der Waals surface area contributed by atoms with Crippen LogP contribution in [-0.4, -0.2) is 6.04 Å². The molecule has 1 aliphatic carbocycles. The minimum atomic E-state index is 0.474. The van der Waals surface area contributed by atoms with Crippen LogP contribution in [0.15, 0.2) is 18.2 Å². The number of nitrogens with one attached hydrogen (secondary N) is 1. The van der Waals surface area contributed by atoms with Crippen LogP contribution in [0, 0.1) is 17.2 Å². The zero-order valence-corrected chi connectivity index (χ0v) is 12.9. The maximum absolute atomic E-state index is 9.17. The lowest BCUT2D eigenvalue weighted by molar-refractivity contribution is 0.422. The highest BCUT2D eigenvalue weighted by Gasteiger charge is 2.19. The van der Waals surface area contributed by atoms with Gasteiger partial charge in [0.1, 0.15) is 6.07 Å². The van der Waals surface area contributed by atoms with E-state index in [4.69, 9.17) is 11.6 Å².